The van der Waals surface area contributed by atoms with Gasteiger partial charge in [0.05, 0.1) is 12.2 Å². The van der Waals surface area contributed by atoms with Crippen LogP contribution in [0, 0.1) is 6.92 Å². The monoisotopic (exact) mass is 455 g/mol. The number of aliphatic carboxylic acids is 1. The van der Waals surface area contributed by atoms with Crippen molar-refractivity contribution < 1.29 is 19.4 Å². The molecule has 0 unspecified atom stereocenters. The molecule has 0 fully saturated rings. The van der Waals surface area contributed by atoms with Crippen LogP contribution in [-0.2, 0) is 22.7 Å². The molecule has 0 spiro atoms. The van der Waals surface area contributed by atoms with Gasteiger partial charge in [-0.1, -0.05) is 66.2 Å². The van der Waals surface area contributed by atoms with E-state index >= 15 is 0 Å². The number of hydrogen-bond acceptors (Lipinski definition) is 5. The summed E-state index contributed by atoms with van der Waals surface area (Å²) in [6.07, 6.45) is 8.15. The largest absolute Gasteiger partial charge is 0.479 e. The van der Waals surface area contributed by atoms with Gasteiger partial charge in [0.1, 0.15) is 5.52 Å². The van der Waals surface area contributed by atoms with Crippen molar-refractivity contribution in [2.24, 2.45) is 0 Å². The van der Waals surface area contributed by atoms with Gasteiger partial charge in [-0.3, -0.25) is 9.78 Å². The van der Waals surface area contributed by atoms with Gasteiger partial charge in [0.25, 0.3) is 0 Å². The van der Waals surface area contributed by atoms with E-state index in [2.05, 4.69) is 9.97 Å². The molecule has 172 valence electrons. The molecule has 0 saturated carbocycles. The number of allylic oxidation sites excluding steroid dienone is 1. The number of aromatic nitrogens is 3. The molecule has 1 atom stereocenters. The zero-order chi connectivity index (χ0) is 24.1. The Morgan fingerprint density at radius 2 is 1.76 bits per heavy atom. The van der Waals surface area contributed by atoms with Gasteiger partial charge >= 0.3 is 5.97 Å². The average Bonchev–Trinajstić information content (AvgIpc) is 3.22. The third-order valence-electron chi connectivity index (χ3n) is 5.49. The lowest BCUT2D eigenvalue weighted by molar-refractivity contribution is -0.149. The first-order valence-corrected chi connectivity index (χ1v) is 10.9. The van der Waals surface area contributed by atoms with E-state index in [1.165, 1.54) is 6.92 Å². The number of benzene rings is 2. The first-order valence-electron chi connectivity index (χ1n) is 10.9. The zero-order valence-corrected chi connectivity index (χ0v) is 19.0. The molecule has 7 nitrogen and oxygen atoms in total. The van der Waals surface area contributed by atoms with Crippen molar-refractivity contribution in [2.75, 3.05) is 0 Å². The fourth-order valence-electron chi connectivity index (χ4n) is 3.49. The first kappa shape index (κ1) is 23.1. The van der Waals surface area contributed by atoms with E-state index in [0.717, 1.165) is 16.7 Å². The standard InChI is InChI=1S/C27H25N3O4/c1-18-5-11-22(12-6-18)25(31)23-16-30(26-24(23)28-13-14-29-26)15-3-4-20-7-9-21(10-8-20)17-34-19(2)27(32)33/h3-14,16,19H,15,17H2,1-2H3,(H,32,33)/b4-3+/t19-/m0/s1. The number of ether oxygens (including phenoxy) is 1. The molecule has 0 aliphatic carbocycles. The summed E-state index contributed by atoms with van der Waals surface area (Å²) < 4.78 is 7.22. The van der Waals surface area contributed by atoms with E-state index in [1.807, 2.05) is 72.2 Å². The quantitative estimate of drug-likeness (QED) is 0.369. The summed E-state index contributed by atoms with van der Waals surface area (Å²) in [6.45, 7) is 4.26. The minimum absolute atomic E-state index is 0.0803. The summed E-state index contributed by atoms with van der Waals surface area (Å²) in [5.41, 5.74) is 5.38. The van der Waals surface area contributed by atoms with Gasteiger partial charge in [0.15, 0.2) is 17.5 Å². The van der Waals surface area contributed by atoms with E-state index in [-0.39, 0.29) is 12.4 Å². The summed E-state index contributed by atoms with van der Waals surface area (Å²) in [6, 6.07) is 15.2. The lowest BCUT2D eigenvalue weighted by atomic mass is 10.0. The number of rotatable bonds is 9. The molecule has 0 bridgehead atoms. The Hall–Kier alpha value is -4.10. The molecule has 2 aromatic heterocycles. The second-order valence-electron chi connectivity index (χ2n) is 8.05. The van der Waals surface area contributed by atoms with E-state index in [9.17, 15) is 9.59 Å². The molecule has 7 heteroatoms. The molecular formula is C27H25N3O4. The summed E-state index contributed by atoms with van der Waals surface area (Å²) >= 11 is 0. The number of carboxylic acid groups (broad SMARTS) is 1. The minimum atomic E-state index is -0.981. The van der Waals surface area contributed by atoms with Crippen LogP contribution in [0.2, 0.25) is 0 Å². The Labute approximate surface area is 197 Å². The number of nitrogens with zero attached hydrogens (tertiary/aromatic N) is 3. The Morgan fingerprint density at radius 3 is 2.47 bits per heavy atom. The Balaban J connectivity index is 1.48. The summed E-state index contributed by atoms with van der Waals surface area (Å²) in [4.78, 5) is 32.8. The number of aryl methyl sites for hydroxylation is 1. The molecule has 4 rings (SSSR count). The second-order valence-corrected chi connectivity index (χ2v) is 8.05. The number of hydrogen-bond donors (Lipinski definition) is 1. The highest BCUT2D eigenvalue weighted by Crippen LogP contribution is 2.21. The predicted molar refractivity (Wildman–Crippen MR) is 130 cm³/mol. The lowest BCUT2D eigenvalue weighted by Gasteiger charge is -2.08. The second kappa shape index (κ2) is 10.2. The molecule has 4 aromatic rings. The highest BCUT2D eigenvalue weighted by molar-refractivity contribution is 6.15. The van der Waals surface area contributed by atoms with E-state index in [0.29, 0.717) is 28.8 Å². The molecule has 0 radical (unpaired) electrons. The maximum absolute atomic E-state index is 13.1. The van der Waals surface area contributed by atoms with Crippen molar-refractivity contribution in [3.8, 4) is 0 Å². The van der Waals surface area contributed by atoms with Crippen LogP contribution in [0.1, 0.15) is 39.5 Å². The van der Waals surface area contributed by atoms with Gasteiger partial charge in [0.2, 0.25) is 0 Å². The Kier molecular flexibility index (Phi) is 6.94. The van der Waals surface area contributed by atoms with Crippen molar-refractivity contribution in [3.05, 3.63) is 101 Å². The predicted octanol–water partition coefficient (Wildman–Crippen LogP) is 4.67. The van der Waals surface area contributed by atoms with Gasteiger partial charge in [-0.05, 0) is 25.0 Å². The van der Waals surface area contributed by atoms with Gasteiger partial charge in [-0.2, -0.15) is 0 Å². The highest BCUT2D eigenvalue weighted by atomic mass is 16.5. The van der Waals surface area contributed by atoms with Crippen molar-refractivity contribution >= 4 is 29.0 Å². The van der Waals surface area contributed by atoms with Crippen LogP contribution in [0.15, 0.2) is 73.2 Å². The van der Waals surface area contributed by atoms with E-state index < -0.39 is 12.1 Å². The zero-order valence-electron chi connectivity index (χ0n) is 19.0. The van der Waals surface area contributed by atoms with Gasteiger partial charge in [-0.25, -0.2) is 9.78 Å². The summed E-state index contributed by atoms with van der Waals surface area (Å²) in [7, 11) is 0. The van der Waals surface area contributed by atoms with Crippen LogP contribution in [-0.4, -0.2) is 37.5 Å². The maximum atomic E-state index is 13.1. The number of carboxylic acids is 1. The fourth-order valence-corrected chi connectivity index (χ4v) is 3.49. The molecule has 2 aromatic carbocycles. The molecule has 1 N–H and O–H groups in total. The lowest BCUT2D eigenvalue weighted by Crippen LogP contribution is -2.19. The fraction of sp³-hybridized carbons (Fsp3) is 0.185. The van der Waals surface area contributed by atoms with Gasteiger partial charge < -0.3 is 14.4 Å². The van der Waals surface area contributed by atoms with Crippen molar-refractivity contribution in [1.29, 1.82) is 0 Å². The van der Waals surface area contributed by atoms with Gasteiger partial charge in [-0.15, -0.1) is 0 Å². The van der Waals surface area contributed by atoms with Crippen LogP contribution in [0.3, 0.4) is 0 Å². The number of ketones is 1. The molecule has 0 amide bonds. The molecule has 0 saturated heterocycles. The number of carbonyl (C=O) groups excluding carboxylic acids is 1. The molecule has 34 heavy (non-hydrogen) atoms. The smallest absolute Gasteiger partial charge is 0.332 e. The van der Waals surface area contributed by atoms with Crippen LogP contribution >= 0.6 is 0 Å². The third-order valence-corrected chi connectivity index (χ3v) is 5.49. The van der Waals surface area contributed by atoms with Crippen molar-refractivity contribution in [3.63, 3.8) is 0 Å². The molecule has 0 aliphatic rings. The van der Waals surface area contributed by atoms with Crippen LogP contribution in [0.4, 0.5) is 0 Å². The number of fused-ring (bicyclic) bond motifs is 1. The third kappa shape index (κ3) is 5.27. The number of carbonyl (C=O) groups is 2. The van der Waals surface area contributed by atoms with Crippen molar-refractivity contribution in [2.45, 2.75) is 33.1 Å². The van der Waals surface area contributed by atoms with Crippen molar-refractivity contribution in [1.82, 2.24) is 14.5 Å². The molecule has 2 heterocycles. The normalized spacial score (nSPS) is 12.3. The topological polar surface area (TPSA) is 94.3 Å². The SMILES string of the molecule is Cc1ccc(C(=O)c2cn(C/C=C/c3ccc(CO[C@@H](C)C(=O)O)cc3)c3nccnc23)cc1. The average molecular weight is 456 g/mol. The van der Waals surface area contributed by atoms with E-state index in [1.54, 1.807) is 18.6 Å². The van der Waals surface area contributed by atoms with E-state index in [4.69, 9.17) is 9.84 Å². The van der Waals surface area contributed by atoms with Crippen LogP contribution in [0.5, 0.6) is 0 Å². The summed E-state index contributed by atoms with van der Waals surface area (Å²) in [5.74, 6) is -1.06. The highest BCUT2D eigenvalue weighted by Gasteiger charge is 2.18. The first-order chi connectivity index (χ1) is 16.4. The minimum Gasteiger partial charge on any atom is -0.479 e. The van der Waals surface area contributed by atoms with Crippen LogP contribution < -0.4 is 0 Å². The molecule has 0 aliphatic heterocycles. The summed E-state index contributed by atoms with van der Waals surface area (Å²) in [5, 5.41) is 8.90. The van der Waals surface area contributed by atoms with Gasteiger partial charge in [0, 0.05) is 30.7 Å². The Bertz CT molecular complexity index is 1340. The Morgan fingerprint density at radius 1 is 1.06 bits per heavy atom. The maximum Gasteiger partial charge on any atom is 0.332 e. The molecular weight excluding hydrogens is 430 g/mol. The van der Waals surface area contributed by atoms with Crippen LogP contribution in [0.25, 0.3) is 17.2 Å².